The van der Waals surface area contributed by atoms with Crippen LogP contribution in [0, 0.1) is 0 Å². The molecule has 0 unspecified atom stereocenters. The molecular formula is C15H23ClN2O3S. The summed E-state index contributed by atoms with van der Waals surface area (Å²) in [4.78, 5) is 2.28. The van der Waals surface area contributed by atoms with E-state index in [9.17, 15) is 8.42 Å². The number of likely N-dealkylation sites (N-methyl/N-ethyl adjacent to an activating group) is 1. The number of nitrogens with zero attached hydrogens (tertiary/aromatic N) is 2. The van der Waals surface area contributed by atoms with Crippen molar-refractivity contribution < 1.29 is 13.2 Å². The van der Waals surface area contributed by atoms with Gasteiger partial charge in [0.25, 0.3) is 0 Å². The van der Waals surface area contributed by atoms with E-state index in [4.69, 9.17) is 16.3 Å². The second-order valence-corrected chi connectivity index (χ2v) is 8.04. The minimum absolute atomic E-state index is 0.00521. The fourth-order valence-electron chi connectivity index (χ4n) is 2.51. The largest absolute Gasteiger partial charge is 0.381 e. The van der Waals surface area contributed by atoms with Gasteiger partial charge in [-0.25, -0.2) is 8.42 Å². The molecule has 22 heavy (non-hydrogen) atoms. The highest BCUT2D eigenvalue weighted by Gasteiger charge is 2.32. The van der Waals surface area contributed by atoms with Crippen LogP contribution in [0.4, 0.5) is 0 Å². The monoisotopic (exact) mass is 346 g/mol. The molecule has 2 rings (SSSR count). The summed E-state index contributed by atoms with van der Waals surface area (Å²) in [6, 6.07) is 6.36. The predicted octanol–water partition coefficient (Wildman–Crippen LogP) is 2.07. The van der Waals surface area contributed by atoms with Gasteiger partial charge in [0.1, 0.15) is 0 Å². The number of hydrogen-bond donors (Lipinski definition) is 0. The zero-order valence-electron chi connectivity index (χ0n) is 13.0. The molecule has 0 spiro atoms. The highest BCUT2D eigenvalue weighted by atomic mass is 35.5. The van der Waals surface area contributed by atoms with E-state index in [-0.39, 0.29) is 6.04 Å². The van der Waals surface area contributed by atoms with E-state index >= 15 is 0 Å². The Morgan fingerprint density at radius 3 is 2.27 bits per heavy atom. The first-order valence-electron chi connectivity index (χ1n) is 7.41. The van der Waals surface area contributed by atoms with Gasteiger partial charge < -0.3 is 9.64 Å². The van der Waals surface area contributed by atoms with E-state index in [0.717, 1.165) is 12.8 Å². The van der Waals surface area contributed by atoms with E-state index in [2.05, 4.69) is 0 Å². The number of sulfonamides is 1. The Balaban J connectivity index is 2.26. The van der Waals surface area contributed by atoms with Crippen molar-refractivity contribution in [3.8, 4) is 0 Å². The van der Waals surface area contributed by atoms with Gasteiger partial charge >= 0.3 is 0 Å². The highest BCUT2D eigenvalue weighted by molar-refractivity contribution is 7.89. The quantitative estimate of drug-likeness (QED) is 0.791. The Kier molecular flexibility index (Phi) is 6.23. The van der Waals surface area contributed by atoms with Crippen LogP contribution in [0.25, 0.3) is 0 Å². The zero-order valence-corrected chi connectivity index (χ0v) is 14.6. The van der Waals surface area contributed by atoms with Crippen LogP contribution in [0.15, 0.2) is 29.2 Å². The number of ether oxygens (including phenoxy) is 1. The fourth-order valence-corrected chi connectivity index (χ4v) is 4.31. The van der Waals surface area contributed by atoms with Gasteiger partial charge in [-0.2, -0.15) is 4.31 Å². The van der Waals surface area contributed by atoms with Crippen molar-refractivity contribution in [2.24, 2.45) is 0 Å². The van der Waals surface area contributed by atoms with Gasteiger partial charge in [0.2, 0.25) is 10.0 Å². The summed E-state index contributed by atoms with van der Waals surface area (Å²) in [5.74, 6) is 0. The lowest BCUT2D eigenvalue weighted by Crippen LogP contribution is -2.46. The number of halogens is 1. The van der Waals surface area contributed by atoms with E-state index in [0.29, 0.717) is 36.2 Å². The minimum atomic E-state index is -3.52. The van der Waals surface area contributed by atoms with Gasteiger partial charge in [-0.05, 0) is 51.2 Å². The van der Waals surface area contributed by atoms with Crippen LogP contribution >= 0.6 is 11.6 Å². The molecule has 0 atom stereocenters. The topological polar surface area (TPSA) is 49.9 Å². The summed E-state index contributed by atoms with van der Waals surface area (Å²) in [7, 11) is 0.362. The fraction of sp³-hybridized carbons (Fsp3) is 0.600. The third-order valence-corrected chi connectivity index (χ3v) is 6.00. The molecule has 1 aromatic carbocycles. The van der Waals surface area contributed by atoms with Gasteiger partial charge in [0.15, 0.2) is 0 Å². The van der Waals surface area contributed by atoms with Gasteiger partial charge in [-0.15, -0.1) is 0 Å². The molecule has 0 N–H and O–H groups in total. The van der Waals surface area contributed by atoms with E-state index in [1.54, 1.807) is 28.6 Å². The minimum Gasteiger partial charge on any atom is -0.381 e. The molecule has 1 heterocycles. The lowest BCUT2D eigenvalue weighted by molar-refractivity contribution is 0.0573. The van der Waals surface area contributed by atoms with Gasteiger partial charge in [0.05, 0.1) is 4.90 Å². The maximum Gasteiger partial charge on any atom is 0.243 e. The molecule has 1 saturated heterocycles. The molecule has 0 aromatic heterocycles. The number of rotatable bonds is 6. The van der Waals surface area contributed by atoms with Gasteiger partial charge in [0, 0.05) is 37.4 Å². The molecule has 1 aromatic rings. The second-order valence-electron chi connectivity index (χ2n) is 5.72. The Bertz CT molecular complexity index is 569. The normalized spacial score (nSPS) is 17.3. The molecule has 1 aliphatic rings. The van der Waals surface area contributed by atoms with Crippen LogP contribution in [-0.4, -0.2) is 64.1 Å². The summed E-state index contributed by atoms with van der Waals surface area (Å²) >= 11 is 5.86. The molecule has 5 nitrogen and oxygen atoms in total. The van der Waals surface area contributed by atoms with Crippen LogP contribution < -0.4 is 0 Å². The number of benzene rings is 1. The average Bonchev–Trinajstić information content (AvgIpc) is 2.48. The molecule has 0 amide bonds. The average molecular weight is 347 g/mol. The molecule has 0 saturated carbocycles. The Morgan fingerprint density at radius 2 is 1.73 bits per heavy atom. The van der Waals surface area contributed by atoms with Crippen LogP contribution in [0.1, 0.15) is 12.8 Å². The summed E-state index contributed by atoms with van der Waals surface area (Å²) < 4.78 is 32.9. The molecule has 1 aliphatic heterocycles. The third-order valence-electron chi connectivity index (χ3n) is 3.79. The SMILES string of the molecule is CN(C)CCN(C1CCOCC1)S(=O)(=O)c1ccc(Cl)cc1. The summed E-state index contributed by atoms with van der Waals surface area (Å²) in [6.45, 7) is 2.38. The lowest BCUT2D eigenvalue weighted by Gasteiger charge is -2.34. The summed E-state index contributed by atoms with van der Waals surface area (Å²) in [6.07, 6.45) is 1.47. The molecular weight excluding hydrogens is 324 g/mol. The first kappa shape index (κ1) is 17.7. The highest BCUT2D eigenvalue weighted by Crippen LogP contribution is 2.24. The van der Waals surface area contributed by atoms with Crippen molar-refractivity contribution in [2.75, 3.05) is 40.4 Å². The third kappa shape index (κ3) is 4.43. The molecule has 7 heteroatoms. The molecule has 124 valence electrons. The smallest absolute Gasteiger partial charge is 0.243 e. The van der Waals surface area contributed by atoms with Gasteiger partial charge in [-0.1, -0.05) is 11.6 Å². The van der Waals surface area contributed by atoms with Crippen LogP contribution in [0.5, 0.6) is 0 Å². The summed E-state index contributed by atoms with van der Waals surface area (Å²) in [5, 5.41) is 0.532. The maximum atomic E-state index is 13.0. The van der Waals surface area contributed by atoms with Crippen LogP contribution in [0.3, 0.4) is 0 Å². The predicted molar refractivity (Wildman–Crippen MR) is 87.7 cm³/mol. The van der Waals surface area contributed by atoms with Crippen molar-refractivity contribution in [3.63, 3.8) is 0 Å². The first-order chi connectivity index (χ1) is 10.4. The second kappa shape index (κ2) is 7.75. The Labute approximate surface area is 137 Å². The van der Waals surface area contributed by atoms with Crippen molar-refractivity contribution in [1.82, 2.24) is 9.21 Å². The first-order valence-corrected chi connectivity index (χ1v) is 9.23. The van der Waals surface area contributed by atoms with Gasteiger partial charge in [-0.3, -0.25) is 0 Å². The lowest BCUT2D eigenvalue weighted by atomic mass is 10.1. The summed E-state index contributed by atoms with van der Waals surface area (Å²) in [5.41, 5.74) is 0. The van der Waals surface area contributed by atoms with Crippen molar-refractivity contribution >= 4 is 21.6 Å². The standard InChI is InChI=1S/C15H23ClN2O3S/c1-17(2)9-10-18(14-7-11-21-12-8-14)22(19,20)15-5-3-13(16)4-6-15/h3-6,14H,7-12H2,1-2H3. The van der Waals surface area contributed by atoms with E-state index < -0.39 is 10.0 Å². The molecule has 0 radical (unpaired) electrons. The molecule has 0 bridgehead atoms. The number of hydrogen-bond acceptors (Lipinski definition) is 4. The molecule has 1 fully saturated rings. The zero-order chi connectivity index (χ0) is 16.2. The Morgan fingerprint density at radius 1 is 1.14 bits per heavy atom. The van der Waals surface area contributed by atoms with Crippen LogP contribution in [-0.2, 0) is 14.8 Å². The molecule has 0 aliphatic carbocycles. The van der Waals surface area contributed by atoms with E-state index in [1.165, 1.54) is 0 Å². The van der Waals surface area contributed by atoms with Crippen molar-refractivity contribution in [1.29, 1.82) is 0 Å². The Hall–Kier alpha value is -0.660. The van der Waals surface area contributed by atoms with Crippen molar-refractivity contribution in [3.05, 3.63) is 29.3 Å². The van der Waals surface area contributed by atoms with Crippen molar-refractivity contribution in [2.45, 2.75) is 23.8 Å². The van der Waals surface area contributed by atoms with Crippen LogP contribution in [0.2, 0.25) is 5.02 Å². The maximum absolute atomic E-state index is 13.0. The van der Waals surface area contributed by atoms with E-state index in [1.807, 2.05) is 19.0 Å².